The van der Waals surface area contributed by atoms with Crippen LogP contribution in [0, 0.1) is 12.8 Å². The molecule has 0 bridgehead atoms. The molecule has 3 N–H and O–H groups in total. The van der Waals surface area contributed by atoms with Crippen molar-refractivity contribution in [2.45, 2.75) is 13.8 Å². The van der Waals surface area contributed by atoms with Crippen molar-refractivity contribution in [1.82, 2.24) is 9.97 Å². The summed E-state index contributed by atoms with van der Waals surface area (Å²) in [5.41, 5.74) is 6.18. The first-order valence-electron chi connectivity index (χ1n) is 4.43. The number of nitrogens with one attached hydrogen (secondary N) is 1. The van der Waals surface area contributed by atoms with Crippen molar-refractivity contribution in [3.63, 3.8) is 0 Å². The normalized spacial score (nSPS) is 12.2. The first-order chi connectivity index (χ1) is 6.63. The molecule has 0 radical (unpaired) electrons. The molecule has 0 spiro atoms. The predicted molar refractivity (Wildman–Crippen MR) is 53.6 cm³/mol. The Bertz CT molecular complexity index is 326. The minimum Gasteiger partial charge on any atom is -0.330 e. The maximum absolute atomic E-state index is 11.4. The van der Waals surface area contributed by atoms with Gasteiger partial charge >= 0.3 is 0 Å². The quantitative estimate of drug-likeness (QED) is 0.726. The van der Waals surface area contributed by atoms with Gasteiger partial charge in [0.15, 0.2) is 0 Å². The average Bonchev–Trinajstić information content (AvgIpc) is 2.16. The van der Waals surface area contributed by atoms with E-state index in [2.05, 4.69) is 15.3 Å². The molecule has 0 aliphatic heterocycles. The van der Waals surface area contributed by atoms with Gasteiger partial charge in [0.25, 0.3) is 0 Å². The van der Waals surface area contributed by atoms with E-state index in [-0.39, 0.29) is 11.8 Å². The molecule has 76 valence electrons. The van der Waals surface area contributed by atoms with Crippen molar-refractivity contribution >= 4 is 11.7 Å². The Balaban J connectivity index is 2.65. The van der Waals surface area contributed by atoms with Crippen LogP contribution in [-0.2, 0) is 4.79 Å². The van der Waals surface area contributed by atoms with Crippen molar-refractivity contribution in [2.75, 3.05) is 11.9 Å². The van der Waals surface area contributed by atoms with Crippen LogP contribution < -0.4 is 11.1 Å². The number of rotatable bonds is 3. The summed E-state index contributed by atoms with van der Waals surface area (Å²) in [4.78, 5) is 19.2. The molecule has 1 heterocycles. The van der Waals surface area contributed by atoms with Gasteiger partial charge in [0, 0.05) is 24.2 Å². The number of amides is 1. The number of anilines is 1. The molecule has 0 aliphatic carbocycles. The fourth-order valence-electron chi connectivity index (χ4n) is 0.879. The Morgan fingerprint density at radius 1 is 1.64 bits per heavy atom. The number of carbonyl (C=O) groups excluding carboxylic acids is 1. The first kappa shape index (κ1) is 10.6. The first-order valence-corrected chi connectivity index (χ1v) is 4.43. The lowest BCUT2D eigenvalue weighted by atomic mass is 10.2. The zero-order valence-corrected chi connectivity index (χ0v) is 8.32. The highest BCUT2D eigenvalue weighted by atomic mass is 16.1. The van der Waals surface area contributed by atoms with Gasteiger partial charge in [0.1, 0.15) is 12.1 Å². The third-order valence-electron chi connectivity index (χ3n) is 1.86. The van der Waals surface area contributed by atoms with Crippen molar-refractivity contribution in [3.8, 4) is 0 Å². The largest absolute Gasteiger partial charge is 0.330 e. The van der Waals surface area contributed by atoms with Gasteiger partial charge in [-0.1, -0.05) is 6.92 Å². The number of aryl methyl sites for hydroxylation is 1. The molecule has 14 heavy (non-hydrogen) atoms. The molecule has 0 aliphatic rings. The SMILES string of the molecule is Cc1cc(NC(=O)C(C)CN)ncn1. The summed E-state index contributed by atoms with van der Waals surface area (Å²) in [6, 6.07) is 1.71. The molecule has 1 atom stereocenters. The van der Waals surface area contributed by atoms with E-state index in [4.69, 9.17) is 5.73 Å². The van der Waals surface area contributed by atoms with Gasteiger partial charge < -0.3 is 11.1 Å². The van der Waals surface area contributed by atoms with Gasteiger partial charge in [-0.15, -0.1) is 0 Å². The van der Waals surface area contributed by atoms with E-state index >= 15 is 0 Å². The van der Waals surface area contributed by atoms with E-state index in [1.807, 2.05) is 6.92 Å². The topological polar surface area (TPSA) is 80.9 Å². The molecule has 5 nitrogen and oxygen atoms in total. The highest BCUT2D eigenvalue weighted by Gasteiger charge is 2.11. The fourth-order valence-corrected chi connectivity index (χ4v) is 0.879. The monoisotopic (exact) mass is 194 g/mol. The summed E-state index contributed by atoms with van der Waals surface area (Å²) in [6.45, 7) is 3.93. The average molecular weight is 194 g/mol. The van der Waals surface area contributed by atoms with Crippen LogP contribution in [0.1, 0.15) is 12.6 Å². The standard InChI is InChI=1S/C9H14N4O/c1-6(4-10)9(14)13-8-3-7(2)11-5-12-8/h3,5-6H,4,10H2,1-2H3,(H,11,12,13,14). The third-order valence-corrected chi connectivity index (χ3v) is 1.86. The van der Waals surface area contributed by atoms with Crippen molar-refractivity contribution in [3.05, 3.63) is 18.1 Å². The number of nitrogens with two attached hydrogens (primary N) is 1. The van der Waals surface area contributed by atoms with Crippen LogP contribution in [0.4, 0.5) is 5.82 Å². The molecule has 0 saturated carbocycles. The second-order valence-electron chi connectivity index (χ2n) is 3.17. The Labute approximate surface area is 82.7 Å². The maximum Gasteiger partial charge on any atom is 0.229 e. The van der Waals surface area contributed by atoms with Gasteiger partial charge in [0.05, 0.1) is 0 Å². The van der Waals surface area contributed by atoms with E-state index in [1.54, 1.807) is 13.0 Å². The van der Waals surface area contributed by atoms with Gasteiger partial charge in [-0.3, -0.25) is 4.79 Å². The zero-order valence-electron chi connectivity index (χ0n) is 8.32. The summed E-state index contributed by atoms with van der Waals surface area (Å²) in [7, 11) is 0. The van der Waals surface area contributed by atoms with Gasteiger partial charge in [0.2, 0.25) is 5.91 Å². The van der Waals surface area contributed by atoms with Crippen molar-refractivity contribution < 1.29 is 4.79 Å². The molecular weight excluding hydrogens is 180 g/mol. The summed E-state index contributed by atoms with van der Waals surface area (Å²) in [6.07, 6.45) is 1.41. The molecular formula is C9H14N4O. The predicted octanol–water partition coefficient (Wildman–Crippen LogP) is 0.318. The van der Waals surface area contributed by atoms with Gasteiger partial charge in [-0.05, 0) is 6.92 Å². The van der Waals surface area contributed by atoms with Crippen LogP contribution in [0.25, 0.3) is 0 Å². The molecule has 0 saturated heterocycles. The molecule has 1 rings (SSSR count). The lowest BCUT2D eigenvalue weighted by Crippen LogP contribution is -2.27. The molecule has 1 amide bonds. The Morgan fingerprint density at radius 3 is 2.93 bits per heavy atom. The van der Waals surface area contributed by atoms with E-state index in [0.717, 1.165) is 5.69 Å². The minimum atomic E-state index is -0.203. The summed E-state index contributed by atoms with van der Waals surface area (Å²) in [5, 5.41) is 2.66. The minimum absolute atomic E-state index is 0.120. The fraction of sp³-hybridized carbons (Fsp3) is 0.444. The summed E-state index contributed by atoms with van der Waals surface area (Å²) >= 11 is 0. The summed E-state index contributed by atoms with van der Waals surface area (Å²) in [5.74, 6) is 0.193. The van der Waals surface area contributed by atoms with Crippen LogP contribution in [0.3, 0.4) is 0 Å². The third kappa shape index (κ3) is 2.77. The second-order valence-corrected chi connectivity index (χ2v) is 3.17. The zero-order chi connectivity index (χ0) is 10.6. The number of aromatic nitrogens is 2. The van der Waals surface area contributed by atoms with Crippen LogP contribution in [-0.4, -0.2) is 22.4 Å². The molecule has 1 aromatic rings. The van der Waals surface area contributed by atoms with Crippen LogP contribution in [0.2, 0.25) is 0 Å². The number of hydrogen-bond acceptors (Lipinski definition) is 4. The lowest BCUT2D eigenvalue weighted by molar-refractivity contribution is -0.119. The maximum atomic E-state index is 11.4. The summed E-state index contributed by atoms with van der Waals surface area (Å²) < 4.78 is 0. The molecule has 0 aromatic carbocycles. The van der Waals surface area contributed by atoms with Crippen molar-refractivity contribution in [1.29, 1.82) is 0 Å². The van der Waals surface area contributed by atoms with Crippen LogP contribution in [0.15, 0.2) is 12.4 Å². The Hall–Kier alpha value is -1.49. The highest BCUT2D eigenvalue weighted by molar-refractivity contribution is 5.91. The van der Waals surface area contributed by atoms with Crippen molar-refractivity contribution in [2.24, 2.45) is 11.7 Å². The van der Waals surface area contributed by atoms with E-state index in [0.29, 0.717) is 12.4 Å². The van der Waals surface area contributed by atoms with E-state index < -0.39 is 0 Å². The van der Waals surface area contributed by atoms with Crippen LogP contribution in [0.5, 0.6) is 0 Å². The molecule has 1 unspecified atom stereocenters. The Morgan fingerprint density at radius 2 is 2.36 bits per heavy atom. The second kappa shape index (κ2) is 4.66. The molecule has 5 heteroatoms. The van der Waals surface area contributed by atoms with Gasteiger partial charge in [-0.25, -0.2) is 9.97 Å². The smallest absolute Gasteiger partial charge is 0.229 e. The highest BCUT2D eigenvalue weighted by Crippen LogP contribution is 2.04. The van der Waals surface area contributed by atoms with Gasteiger partial charge in [-0.2, -0.15) is 0 Å². The Kier molecular flexibility index (Phi) is 3.53. The van der Waals surface area contributed by atoms with Crippen LogP contribution >= 0.6 is 0 Å². The number of nitrogens with zero attached hydrogens (tertiary/aromatic N) is 2. The molecule has 1 aromatic heterocycles. The van der Waals surface area contributed by atoms with E-state index in [1.165, 1.54) is 6.33 Å². The molecule has 0 fully saturated rings. The lowest BCUT2D eigenvalue weighted by Gasteiger charge is -2.08. The van der Waals surface area contributed by atoms with E-state index in [9.17, 15) is 4.79 Å². The number of hydrogen-bond donors (Lipinski definition) is 2. The number of carbonyl (C=O) groups is 1.